The molecule has 4 aromatic rings. The molecule has 4 aromatic carbocycles. The molecule has 0 amide bonds. The summed E-state index contributed by atoms with van der Waals surface area (Å²) < 4.78 is 31.1. The molecule has 0 bridgehead atoms. The predicted octanol–water partition coefficient (Wildman–Crippen LogP) is 7.68. The van der Waals surface area contributed by atoms with Gasteiger partial charge in [-0.1, -0.05) is 89.6 Å². The molecule has 1 aliphatic rings. The number of nitrogens with zero attached hydrogens (tertiary/aromatic N) is 3. The number of ether oxygens (including phenoxy) is 2. The summed E-state index contributed by atoms with van der Waals surface area (Å²) in [6.07, 6.45) is 3.47. The van der Waals surface area contributed by atoms with E-state index in [0.717, 1.165) is 38.9 Å². The molecule has 1 heterocycles. The minimum Gasteiger partial charge on any atom is -0.494 e. The number of rotatable bonds is 15. The Balaban J connectivity index is 1.43. The first-order chi connectivity index (χ1) is 22.7. The summed E-state index contributed by atoms with van der Waals surface area (Å²) in [5.41, 5.74) is 4.35. The van der Waals surface area contributed by atoms with Crippen LogP contribution < -0.4 is 4.74 Å². The standard InChI is InChI=1S/C36H37BrN3O6P/c1-2-23-44-33-18-14-29(15-19-33)34(45-24-20-27-8-10-28(25-38)11-9-27)26-39-21-22-40(36(39)46-47(41,42)43)35(30-6-4-3-5-7-30)31-12-16-32(37)17-13-31/h3-19,21-22,34-36H,2,20,23-24,26H2,1H3,(H2,41,42,43). The second kappa shape index (κ2) is 16.2. The average molecular weight is 719 g/mol. The number of hydrogen-bond acceptors (Lipinski definition) is 7. The fourth-order valence-electron chi connectivity index (χ4n) is 5.41. The van der Waals surface area contributed by atoms with Crippen LogP contribution in [0.2, 0.25) is 0 Å². The van der Waals surface area contributed by atoms with Crippen LogP contribution in [0.5, 0.6) is 5.75 Å². The molecule has 3 atom stereocenters. The maximum atomic E-state index is 12.4. The van der Waals surface area contributed by atoms with Gasteiger partial charge in [0.1, 0.15) is 11.9 Å². The van der Waals surface area contributed by atoms with E-state index in [0.29, 0.717) is 25.2 Å². The lowest BCUT2D eigenvalue weighted by atomic mass is 9.97. The van der Waals surface area contributed by atoms with Crippen molar-refractivity contribution in [1.29, 1.82) is 5.26 Å². The van der Waals surface area contributed by atoms with Crippen LogP contribution in [-0.2, 0) is 20.2 Å². The Morgan fingerprint density at radius 1 is 0.872 bits per heavy atom. The minimum atomic E-state index is -4.93. The number of phosphoric acid groups is 1. The van der Waals surface area contributed by atoms with E-state index in [1.807, 2.05) is 103 Å². The molecule has 0 fully saturated rings. The lowest BCUT2D eigenvalue weighted by Crippen LogP contribution is -2.44. The molecule has 0 radical (unpaired) electrons. The van der Waals surface area contributed by atoms with Crippen molar-refractivity contribution in [3.05, 3.63) is 148 Å². The van der Waals surface area contributed by atoms with E-state index in [2.05, 4.69) is 22.0 Å². The first-order valence-electron chi connectivity index (χ1n) is 15.3. The maximum absolute atomic E-state index is 12.4. The zero-order valence-corrected chi connectivity index (χ0v) is 28.4. The molecule has 0 saturated heterocycles. The van der Waals surface area contributed by atoms with Crippen molar-refractivity contribution >= 4 is 23.8 Å². The van der Waals surface area contributed by atoms with Crippen LogP contribution in [-0.4, -0.2) is 45.7 Å². The van der Waals surface area contributed by atoms with Crippen molar-refractivity contribution < 1.29 is 28.3 Å². The first kappa shape index (κ1) is 34.4. The van der Waals surface area contributed by atoms with Gasteiger partial charge in [-0.25, -0.2) is 9.09 Å². The lowest BCUT2D eigenvalue weighted by molar-refractivity contribution is -0.0758. The van der Waals surface area contributed by atoms with Gasteiger partial charge < -0.3 is 29.1 Å². The highest BCUT2D eigenvalue weighted by Gasteiger charge is 2.39. The molecule has 0 saturated carbocycles. The zero-order valence-electron chi connectivity index (χ0n) is 25.9. The van der Waals surface area contributed by atoms with Gasteiger partial charge in [-0.3, -0.25) is 0 Å². The number of hydrogen-bond donors (Lipinski definition) is 2. The second-order valence-electron chi connectivity index (χ2n) is 11.1. The van der Waals surface area contributed by atoms with E-state index in [1.165, 1.54) is 0 Å². The van der Waals surface area contributed by atoms with Gasteiger partial charge in [0.15, 0.2) is 0 Å². The number of halogens is 1. The maximum Gasteiger partial charge on any atom is 0.472 e. The molecule has 0 aromatic heterocycles. The highest BCUT2D eigenvalue weighted by molar-refractivity contribution is 9.10. The minimum absolute atomic E-state index is 0.238. The molecule has 3 unspecified atom stereocenters. The Bertz CT molecular complexity index is 1690. The third-order valence-corrected chi connectivity index (χ3v) is 8.69. The molecule has 11 heteroatoms. The van der Waals surface area contributed by atoms with Crippen molar-refractivity contribution in [1.82, 2.24) is 9.80 Å². The fraction of sp³-hybridized carbons (Fsp3) is 0.250. The topological polar surface area (TPSA) is 115 Å². The Morgan fingerprint density at radius 3 is 2.17 bits per heavy atom. The van der Waals surface area contributed by atoms with Crippen molar-refractivity contribution in [2.24, 2.45) is 0 Å². The third-order valence-electron chi connectivity index (χ3n) is 7.69. The number of benzene rings is 4. The monoisotopic (exact) mass is 717 g/mol. The molecule has 2 N–H and O–H groups in total. The average Bonchev–Trinajstić information content (AvgIpc) is 3.45. The van der Waals surface area contributed by atoms with E-state index < -0.39 is 26.3 Å². The highest BCUT2D eigenvalue weighted by atomic mass is 79.9. The first-order valence-corrected chi connectivity index (χ1v) is 17.7. The van der Waals surface area contributed by atoms with E-state index in [-0.39, 0.29) is 6.54 Å². The van der Waals surface area contributed by atoms with Crippen molar-refractivity contribution in [2.75, 3.05) is 19.8 Å². The van der Waals surface area contributed by atoms with E-state index in [9.17, 15) is 14.4 Å². The van der Waals surface area contributed by atoms with Gasteiger partial charge in [0.25, 0.3) is 0 Å². The molecule has 47 heavy (non-hydrogen) atoms. The van der Waals surface area contributed by atoms with Gasteiger partial charge in [-0.2, -0.15) is 5.26 Å². The van der Waals surface area contributed by atoms with Crippen LogP contribution in [0.4, 0.5) is 0 Å². The van der Waals surface area contributed by atoms with Crippen LogP contribution in [0.15, 0.2) is 120 Å². The molecule has 244 valence electrons. The Morgan fingerprint density at radius 2 is 1.53 bits per heavy atom. The SMILES string of the molecule is CCCOc1ccc(C(CN2C=CN(C(c3ccccc3)c3ccc(Br)cc3)C2OP(=O)(O)O)OCCc2ccc(C#N)cc2)cc1. The number of nitriles is 1. The predicted molar refractivity (Wildman–Crippen MR) is 183 cm³/mol. The van der Waals surface area contributed by atoms with Gasteiger partial charge in [-0.05, 0) is 71.5 Å². The Kier molecular flexibility index (Phi) is 11.9. The Labute approximate surface area is 284 Å². The molecule has 1 aliphatic heterocycles. The van der Waals surface area contributed by atoms with E-state index in [1.54, 1.807) is 29.4 Å². The number of phosphoric ester groups is 1. The normalized spacial score (nSPS) is 15.8. The van der Waals surface area contributed by atoms with Gasteiger partial charge in [0, 0.05) is 16.9 Å². The summed E-state index contributed by atoms with van der Waals surface area (Å²) in [6.45, 7) is 3.28. The van der Waals surface area contributed by atoms with Crippen LogP contribution in [0.3, 0.4) is 0 Å². The van der Waals surface area contributed by atoms with Crippen molar-refractivity contribution in [3.8, 4) is 11.8 Å². The molecule has 5 rings (SSSR count). The zero-order chi connectivity index (χ0) is 33.2. The third kappa shape index (κ3) is 9.55. The summed E-state index contributed by atoms with van der Waals surface area (Å²) in [5, 5.41) is 9.13. The van der Waals surface area contributed by atoms with Gasteiger partial charge >= 0.3 is 7.82 Å². The van der Waals surface area contributed by atoms with E-state index >= 15 is 0 Å². The fourth-order valence-corrected chi connectivity index (χ4v) is 6.15. The van der Waals surface area contributed by atoms with Crippen LogP contribution >= 0.6 is 23.8 Å². The van der Waals surface area contributed by atoms with E-state index in [4.69, 9.17) is 19.3 Å². The van der Waals surface area contributed by atoms with Crippen molar-refractivity contribution in [3.63, 3.8) is 0 Å². The summed E-state index contributed by atoms with van der Waals surface area (Å²) in [5.74, 6) is 0.752. The molecular formula is C36H37BrN3O6P. The van der Waals surface area contributed by atoms with Gasteiger partial charge in [0.05, 0.1) is 37.4 Å². The second-order valence-corrected chi connectivity index (χ2v) is 13.2. The summed E-state index contributed by atoms with van der Waals surface area (Å²) in [4.78, 5) is 23.7. The lowest BCUT2D eigenvalue weighted by Gasteiger charge is -2.38. The smallest absolute Gasteiger partial charge is 0.472 e. The molecular weight excluding hydrogens is 681 g/mol. The van der Waals surface area contributed by atoms with Gasteiger partial charge in [-0.15, -0.1) is 0 Å². The Hall–Kier alpha value is -3.94. The molecule has 0 aliphatic carbocycles. The van der Waals surface area contributed by atoms with Crippen LogP contribution in [0, 0.1) is 11.3 Å². The summed E-state index contributed by atoms with van der Waals surface area (Å²) in [6, 6.07) is 34.4. The molecule has 0 spiro atoms. The van der Waals surface area contributed by atoms with Crippen LogP contribution in [0.1, 0.15) is 53.3 Å². The quantitative estimate of drug-likeness (QED) is 0.120. The van der Waals surface area contributed by atoms with Gasteiger partial charge in [0.2, 0.25) is 6.35 Å². The van der Waals surface area contributed by atoms with Crippen molar-refractivity contribution in [2.45, 2.75) is 38.3 Å². The summed E-state index contributed by atoms with van der Waals surface area (Å²) >= 11 is 3.51. The largest absolute Gasteiger partial charge is 0.494 e. The van der Waals surface area contributed by atoms with Crippen LogP contribution in [0.25, 0.3) is 0 Å². The summed E-state index contributed by atoms with van der Waals surface area (Å²) in [7, 11) is -4.93. The molecule has 9 nitrogen and oxygen atoms in total. The highest BCUT2D eigenvalue weighted by Crippen LogP contribution is 2.44.